The molecule has 5 nitrogen and oxygen atoms in total. The van der Waals surface area contributed by atoms with Crippen LogP contribution in [0.5, 0.6) is 0 Å². The molecule has 0 aliphatic carbocycles. The Hall–Kier alpha value is -2.53. The third-order valence-electron chi connectivity index (χ3n) is 2.82. The van der Waals surface area contributed by atoms with Gasteiger partial charge < -0.3 is 15.8 Å². The molecule has 0 aliphatic rings. The summed E-state index contributed by atoms with van der Waals surface area (Å²) < 4.78 is 4.59. The van der Waals surface area contributed by atoms with E-state index in [2.05, 4.69) is 10.1 Å². The number of ether oxygens (including phenoxy) is 1. The summed E-state index contributed by atoms with van der Waals surface area (Å²) in [6, 6.07) is 11.1. The monoisotopic (exact) mass is 304 g/mol. The largest absolute Gasteiger partial charge is 0.465 e. The average molecular weight is 305 g/mol. The number of carbonyl (C=O) groups is 2. The smallest absolute Gasteiger partial charge is 0.337 e. The standard InChI is InChI=1S/C15H13ClN2O3/c1-21-15(20)9-2-7-12(13(17)8-9)14(19)18-11-5-3-10(16)4-6-11/h2-8H,17H2,1H3,(H,18,19). The van der Waals surface area contributed by atoms with Gasteiger partial charge in [-0.3, -0.25) is 4.79 Å². The number of nitrogens with one attached hydrogen (secondary N) is 1. The van der Waals surface area contributed by atoms with E-state index in [1.807, 2.05) is 0 Å². The highest BCUT2D eigenvalue weighted by atomic mass is 35.5. The molecule has 1 amide bonds. The Labute approximate surface area is 126 Å². The highest BCUT2D eigenvalue weighted by molar-refractivity contribution is 6.30. The van der Waals surface area contributed by atoms with Gasteiger partial charge in [0.25, 0.3) is 5.91 Å². The number of methoxy groups -OCH3 is 1. The molecule has 0 unspecified atom stereocenters. The van der Waals surface area contributed by atoms with E-state index in [4.69, 9.17) is 17.3 Å². The lowest BCUT2D eigenvalue weighted by atomic mass is 10.1. The number of anilines is 2. The maximum atomic E-state index is 12.1. The van der Waals surface area contributed by atoms with Crippen molar-refractivity contribution in [3.63, 3.8) is 0 Å². The Morgan fingerprint density at radius 3 is 2.38 bits per heavy atom. The molecule has 0 saturated heterocycles. The summed E-state index contributed by atoms with van der Waals surface area (Å²) >= 11 is 5.77. The molecule has 0 aromatic heterocycles. The van der Waals surface area contributed by atoms with Crippen LogP contribution in [0, 0.1) is 0 Å². The Bertz CT molecular complexity index is 684. The van der Waals surface area contributed by atoms with Crippen LogP contribution in [0.3, 0.4) is 0 Å². The van der Waals surface area contributed by atoms with Gasteiger partial charge in [0, 0.05) is 16.4 Å². The van der Waals surface area contributed by atoms with Gasteiger partial charge in [-0.2, -0.15) is 0 Å². The zero-order valence-electron chi connectivity index (χ0n) is 11.2. The summed E-state index contributed by atoms with van der Waals surface area (Å²) in [5.41, 5.74) is 7.16. The molecular formula is C15H13ClN2O3. The van der Waals surface area contributed by atoms with Gasteiger partial charge in [0.05, 0.1) is 18.2 Å². The third kappa shape index (κ3) is 3.52. The average Bonchev–Trinajstić information content (AvgIpc) is 2.48. The van der Waals surface area contributed by atoms with E-state index in [-0.39, 0.29) is 22.7 Å². The predicted molar refractivity (Wildman–Crippen MR) is 81.6 cm³/mol. The van der Waals surface area contributed by atoms with Crippen LogP contribution in [0.1, 0.15) is 20.7 Å². The summed E-state index contributed by atoms with van der Waals surface area (Å²) in [5, 5.41) is 3.27. The molecule has 0 saturated carbocycles. The van der Waals surface area contributed by atoms with Gasteiger partial charge in [0.15, 0.2) is 0 Å². The summed E-state index contributed by atoms with van der Waals surface area (Å²) in [5.74, 6) is -0.877. The predicted octanol–water partition coefficient (Wildman–Crippen LogP) is 2.96. The quantitative estimate of drug-likeness (QED) is 0.674. The third-order valence-corrected chi connectivity index (χ3v) is 3.07. The fourth-order valence-corrected chi connectivity index (χ4v) is 1.87. The molecule has 2 aromatic carbocycles. The number of amides is 1. The van der Waals surface area contributed by atoms with Crippen LogP contribution in [0.2, 0.25) is 5.02 Å². The fraction of sp³-hybridized carbons (Fsp3) is 0.0667. The Morgan fingerprint density at radius 2 is 1.81 bits per heavy atom. The molecule has 0 heterocycles. The van der Waals surface area contributed by atoms with Crippen molar-refractivity contribution in [2.24, 2.45) is 0 Å². The zero-order valence-corrected chi connectivity index (χ0v) is 12.0. The summed E-state index contributed by atoms with van der Waals surface area (Å²) in [6.07, 6.45) is 0. The highest BCUT2D eigenvalue weighted by Crippen LogP contribution is 2.18. The second-order valence-electron chi connectivity index (χ2n) is 4.25. The zero-order chi connectivity index (χ0) is 15.4. The van der Waals surface area contributed by atoms with E-state index in [1.54, 1.807) is 24.3 Å². The molecule has 2 aromatic rings. The van der Waals surface area contributed by atoms with E-state index in [0.29, 0.717) is 10.7 Å². The second kappa shape index (κ2) is 6.28. The number of halogens is 1. The van der Waals surface area contributed by atoms with Gasteiger partial charge in [0.2, 0.25) is 0 Å². The summed E-state index contributed by atoms with van der Waals surface area (Å²) in [4.78, 5) is 23.5. The van der Waals surface area contributed by atoms with Gasteiger partial charge in [-0.25, -0.2) is 4.79 Å². The van der Waals surface area contributed by atoms with Crippen LogP contribution in [0.25, 0.3) is 0 Å². The first kappa shape index (κ1) is 14.9. The molecule has 0 fully saturated rings. The maximum Gasteiger partial charge on any atom is 0.337 e. The number of benzene rings is 2. The molecule has 0 spiro atoms. The number of carbonyl (C=O) groups excluding carboxylic acids is 2. The molecule has 0 aliphatic heterocycles. The van der Waals surface area contributed by atoms with E-state index in [9.17, 15) is 9.59 Å². The number of nitrogens with two attached hydrogens (primary N) is 1. The molecular weight excluding hydrogens is 292 g/mol. The normalized spacial score (nSPS) is 10.0. The lowest BCUT2D eigenvalue weighted by molar-refractivity contribution is 0.0600. The molecule has 3 N–H and O–H groups in total. The topological polar surface area (TPSA) is 81.4 Å². The minimum Gasteiger partial charge on any atom is -0.465 e. The second-order valence-corrected chi connectivity index (χ2v) is 4.69. The van der Waals surface area contributed by atoms with Gasteiger partial charge in [-0.1, -0.05) is 11.6 Å². The first-order valence-corrected chi connectivity index (χ1v) is 6.44. The summed E-state index contributed by atoms with van der Waals surface area (Å²) in [7, 11) is 1.28. The molecule has 2 rings (SSSR count). The van der Waals surface area contributed by atoms with Crippen molar-refractivity contribution in [1.82, 2.24) is 0 Å². The minimum absolute atomic E-state index is 0.198. The van der Waals surface area contributed by atoms with Crippen molar-refractivity contribution in [1.29, 1.82) is 0 Å². The van der Waals surface area contributed by atoms with Crippen LogP contribution >= 0.6 is 11.6 Å². The van der Waals surface area contributed by atoms with Gasteiger partial charge in [-0.15, -0.1) is 0 Å². The van der Waals surface area contributed by atoms with Crippen LogP contribution in [0.15, 0.2) is 42.5 Å². The number of hydrogen-bond donors (Lipinski definition) is 2. The molecule has 21 heavy (non-hydrogen) atoms. The highest BCUT2D eigenvalue weighted by Gasteiger charge is 2.13. The number of rotatable bonds is 3. The van der Waals surface area contributed by atoms with Crippen LogP contribution in [0.4, 0.5) is 11.4 Å². The van der Waals surface area contributed by atoms with Crippen molar-refractivity contribution < 1.29 is 14.3 Å². The van der Waals surface area contributed by atoms with E-state index < -0.39 is 5.97 Å². The van der Waals surface area contributed by atoms with Crippen molar-refractivity contribution in [3.05, 3.63) is 58.6 Å². The van der Waals surface area contributed by atoms with E-state index in [0.717, 1.165) is 0 Å². The van der Waals surface area contributed by atoms with Crippen LogP contribution in [-0.2, 0) is 4.74 Å². The molecule has 0 atom stereocenters. The number of hydrogen-bond acceptors (Lipinski definition) is 4. The van der Waals surface area contributed by atoms with E-state index in [1.165, 1.54) is 25.3 Å². The lowest BCUT2D eigenvalue weighted by Gasteiger charge is -2.09. The van der Waals surface area contributed by atoms with Gasteiger partial charge in [-0.05, 0) is 42.5 Å². The van der Waals surface area contributed by atoms with Gasteiger partial charge in [0.1, 0.15) is 0 Å². The molecule has 108 valence electrons. The Morgan fingerprint density at radius 1 is 1.14 bits per heavy atom. The number of esters is 1. The van der Waals surface area contributed by atoms with Crippen molar-refractivity contribution in [2.45, 2.75) is 0 Å². The SMILES string of the molecule is COC(=O)c1ccc(C(=O)Nc2ccc(Cl)cc2)c(N)c1. The van der Waals surface area contributed by atoms with Crippen LogP contribution < -0.4 is 11.1 Å². The minimum atomic E-state index is -0.508. The Kier molecular flexibility index (Phi) is 4.45. The van der Waals surface area contributed by atoms with Crippen molar-refractivity contribution in [3.8, 4) is 0 Å². The summed E-state index contributed by atoms with van der Waals surface area (Å²) in [6.45, 7) is 0. The van der Waals surface area contributed by atoms with Crippen LogP contribution in [-0.4, -0.2) is 19.0 Å². The molecule has 0 radical (unpaired) electrons. The maximum absolute atomic E-state index is 12.1. The molecule has 6 heteroatoms. The first-order valence-electron chi connectivity index (χ1n) is 6.06. The number of nitrogen functional groups attached to an aromatic ring is 1. The lowest BCUT2D eigenvalue weighted by Crippen LogP contribution is -2.14. The van der Waals surface area contributed by atoms with E-state index >= 15 is 0 Å². The Balaban J connectivity index is 2.19. The fourth-order valence-electron chi connectivity index (χ4n) is 1.75. The van der Waals surface area contributed by atoms with Gasteiger partial charge >= 0.3 is 5.97 Å². The first-order chi connectivity index (χ1) is 10.0. The van der Waals surface area contributed by atoms with Crippen molar-refractivity contribution in [2.75, 3.05) is 18.2 Å². The van der Waals surface area contributed by atoms with Crippen molar-refractivity contribution >= 4 is 34.9 Å². The molecule has 0 bridgehead atoms.